The van der Waals surface area contributed by atoms with Crippen LogP contribution in [0.4, 0.5) is 5.69 Å². The van der Waals surface area contributed by atoms with Gasteiger partial charge in [0, 0.05) is 30.7 Å². The van der Waals surface area contributed by atoms with Gasteiger partial charge >= 0.3 is 0 Å². The van der Waals surface area contributed by atoms with E-state index >= 15 is 0 Å². The summed E-state index contributed by atoms with van der Waals surface area (Å²) < 4.78 is 0. The lowest BCUT2D eigenvalue weighted by Crippen LogP contribution is -2.43. The fraction of sp³-hybridized carbons (Fsp3) is 0.500. The van der Waals surface area contributed by atoms with E-state index in [9.17, 15) is 20.0 Å². The van der Waals surface area contributed by atoms with Crippen molar-refractivity contribution in [3.8, 4) is 0 Å². The van der Waals surface area contributed by atoms with Crippen LogP contribution in [-0.4, -0.2) is 28.6 Å². The number of halogens is 1. The van der Waals surface area contributed by atoms with Gasteiger partial charge in [-0.25, -0.2) is 0 Å². The van der Waals surface area contributed by atoms with E-state index in [1.165, 1.54) is 18.2 Å². The van der Waals surface area contributed by atoms with Crippen LogP contribution in [0.15, 0.2) is 18.2 Å². The molecule has 7 heteroatoms. The third kappa shape index (κ3) is 3.71. The van der Waals surface area contributed by atoms with Crippen molar-refractivity contribution in [2.45, 2.75) is 31.7 Å². The zero-order valence-corrected chi connectivity index (χ0v) is 12.2. The van der Waals surface area contributed by atoms with E-state index in [0.29, 0.717) is 0 Å². The van der Waals surface area contributed by atoms with Crippen LogP contribution < -0.4 is 5.32 Å². The maximum absolute atomic E-state index is 12.3. The van der Waals surface area contributed by atoms with Crippen molar-refractivity contribution in [2.75, 3.05) is 6.61 Å². The highest BCUT2D eigenvalue weighted by molar-refractivity contribution is 6.33. The second-order valence-electron chi connectivity index (χ2n) is 5.23. The predicted molar refractivity (Wildman–Crippen MR) is 78.4 cm³/mol. The lowest BCUT2D eigenvalue weighted by Gasteiger charge is -2.30. The molecule has 1 aromatic carbocycles. The Morgan fingerprint density at radius 3 is 2.81 bits per heavy atom. The van der Waals surface area contributed by atoms with Crippen molar-refractivity contribution < 1.29 is 14.8 Å². The van der Waals surface area contributed by atoms with Crippen molar-refractivity contribution >= 4 is 23.2 Å². The molecule has 0 bridgehead atoms. The molecule has 0 spiro atoms. The van der Waals surface area contributed by atoms with E-state index in [2.05, 4.69) is 5.32 Å². The molecule has 1 saturated carbocycles. The fourth-order valence-electron chi connectivity index (χ4n) is 2.66. The lowest BCUT2D eigenvalue weighted by atomic mass is 9.85. The Morgan fingerprint density at radius 2 is 2.14 bits per heavy atom. The van der Waals surface area contributed by atoms with Gasteiger partial charge in [0.2, 0.25) is 0 Å². The number of carbonyl (C=O) groups excluding carboxylic acids is 1. The molecule has 2 unspecified atom stereocenters. The largest absolute Gasteiger partial charge is 0.396 e. The highest BCUT2D eigenvalue weighted by Crippen LogP contribution is 2.26. The van der Waals surface area contributed by atoms with Crippen LogP contribution in [0.3, 0.4) is 0 Å². The molecular weight excluding hydrogens is 296 g/mol. The maximum atomic E-state index is 12.3. The number of nitrogens with zero attached hydrogens (tertiary/aromatic N) is 1. The number of benzene rings is 1. The Hall–Kier alpha value is -1.66. The van der Waals surface area contributed by atoms with Crippen molar-refractivity contribution in [3.63, 3.8) is 0 Å². The normalized spacial score (nSPS) is 21.8. The van der Waals surface area contributed by atoms with Crippen LogP contribution >= 0.6 is 11.6 Å². The Kier molecular flexibility index (Phi) is 5.14. The second-order valence-corrected chi connectivity index (χ2v) is 5.64. The Balaban J connectivity index is 2.16. The van der Waals surface area contributed by atoms with Gasteiger partial charge in [0.1, 0.15) is 0 Å². The van der Waals surface area contributed by atoms with Crippen molar-refractivity contribution in [1.29, 1.82) is 0 Å². The van der Waals surface area contributed by atoms with E-state index in [1.807, 2.05) is 0 Å². The van der Waals surface area contributed by atoms with Crippen LogP contribution in [0, 0.1) is 16.0 Å². The molecule has 0 saturated heterocycles. The summed E-state index contributed by atoms with van der Waals surface area (Å²) in [6.45, 7) is 0.0214. The number of hydrogen-bond donors (Lipinski definition) is 2. The molecule has 1 amide bonds. The molecule has 21 heavy (non-hydrogen) atoms. The number of non-ortho nitro benzene ring substituents is 1. The Bertz CT molecular complexity index is 550. The average Bonchev–Trinajstić information content (AvgIpc) is 2.47. The molecule has 6 nitrogen and oxygen atoms in total. The minimum absolute atomic E-state index is 0.0214. The van der Waals surface area contributed by atoms with E-state index in [4.69, 9.17) is 11.6 Å². The summed E-state index contributed by atoms with van der Waals surface area (Å²) in [4.78, 5) is 22.5. The van der Waals surface area contributed by atoms with E-state index < -0.39 is 10.8 Å². The number of carbonyl (C=O) groups is 1. The van der Waals surface area contributed by atoms with Crippen LogP contribution in [0.25, 0.3) is 0 Å². The summed E-state index contributed by atoms with van der Waals surface area (Å²) in [5.74, 6) is -0.408. The van der Waals surface area contributed by atoms with Crippen molar-refractivity contribution in [2.24, 2.45) is 5.92 Å². The van der Waals surface area contributed by atoms with Gasteiger partial charge in [-0.05, 0) is 18.9 Å². The number of nitro groups is 1. The van der Waals surface area contributed by atoms with Crippen molar-refractivity contribution in [3.05, 3.63) is 38.9 Å². The van der Waals surface area contributed by atoms with Gasteiger partial charge in [-0.3, -0.25) is 14.9 Å². The predicted octanol–water partition coefficient (Wildman–Crippen LogP) is 2.53. The molecule has 2 rings (SSSR count). The standard InChI is InChI=1S/C14H17ClN2O4/c15-12-6-5-10(17(20)21)7-11(12)14(19)16-13-4-2-1-3-9(13)8-18/h5-7,9,13,18H,1-4,8H2,(H,16,19). The van der Waals surface area contributed by atoms with E-state index in [1.54, 1.807) is 0 Å². The average molecular weight is 313 g/mol. The maximum Gasteiger partial charge on any atom is 0.270 e. The first-order chi connectivity index (χ1) is 10.0. The summed E-state index contributed by atoms with van der Waals surface area (Å²) in [6.07, 6.45) is 3.69. The Morgan fingerprint density at radius 1 is 1.43 bits per heavy atom. The third-order valence-corrected chi connectivity index (χ3v) is 4.20. The van der Waals surface area contributed by atoms with Crippen molar-refractivity contribution in [1.82, 2.24) is 5.32 Å². The SMILES string of the molecule is O=C(NC1CCCCC1CO)c1cc([N+](=O)[O-])ccc1Cl. The van der Waals surface area contributed by atoms with Gasteiger partial charge in [0.15, 0.2) is 0 Å². The number of aliphatic hydroxyl groups is 1. The first kappa shape index (κ1) is 15.7. The highest BCUT2D eigenvalue weighted by Gasteiger charge is 2.27. The molecule has 0 radical (unpaired) electrons. The summed E-state index contributed by atoms with van der Waals surface area (Å²) in [7, 11) is 0. The monoisotopic (exact) mass is 312 g/mol. The van der Waals surface area contributed by atoms with Gasteiger partial charge in [-0.1, -0.05) is 24.4 Å². The molecule has 0 heterocycles. The molecule has 2 N–H and O–H groups in total. The van der Waals surface area contributed by atoms with Crippen LogP contribution in [0.2, 0.25) is 5.02 Å². The number of aliphatic hydroxyl groups excluding tert-OH is 1. The van der Waals surface area contributed by atoms with Crippen LogP contribution in [0.1, 0.15) is 36.0 Å². The van der Waals surface area contributed by atoms with Crippen LogP contribution in [-0.2, 0) is 0 Å². The molecule has 1 aliphatic carbocycles. The number of amides is 1. The van der Waals surface area contributed by atoms with Gasteiger partial charge in [0.05, 0.1) is 15.5 Å². The van der Waals surface area contributed by atoms with E-state index in [0.717, 1.165) is 25.7 Å². The van der Waals surface area contributed by atoms with Gasteiger partial charge in [-0.2, -0.15) is 0 Å². The number of nitro benzene ring substituents is 1. The van der Waals surface area contributed by atoms with Gasteiger partial charge in [0.25, 0.3) is 11.6 Å². The molecule has 0 aliphatic heterocycles. The lowest BCUT2D eigenvalue weighted by molar-refractivity contribution is -0.384. The summed E-state index contributed by atoms with van der Waals surface area (Å²) in [5.41, 5.74) is -0.0833. The zero-order chi connectivity index (χ0) is 15.4. The smallest absolute Gasteiger partial charge is 0.270 e. The highest BCUT2D eigenvalue weighted by atomic mass is 35.5. The summed E-state index contributed by atoms with van der Waals surface area (Å²) in [5, 5.41) is 23.1. The number of nitrogens with one attached hydrogen (secondary N) is 1. The number of hydrogen-bond acceptors (Lipinski definition) is 4. The summed E-state index contributed by atoms with van der Waals surface area (Å²) in [6, 6.07) is 3.66. The third-order valence-electron chi connectivity index (χ3n) is 3.87. The minimum Gasteiger partial charge on any atom is -0.396 e. The molecule has 0 aromatic heterocycles. The zero-order valence-electron chi connectivity index (χ0n) is 11.4. The molecule has 2 atom stereocenters. The molecular formula is C14H17ClN2O4. The minimum atomic E-state index is -0.565. The fourth-order valence-corrected chi connectivity index (χ4v) is 2.87. The van der Waals surface area contributed by atoms with Crippen LogP contribution in [0.5, 0.6) is 0 Å². The molecule has 1 fully saturated rings. The first-order valence-electron chi connectivity index (χ1n) is 6.88. The quantitative estimate of drug-likeness (QED) is 0.660. The summed E-state index contributed by atoms with van der Waals surface area (Å²) >= 11 is 5.95. The van der Waals surface area contributed by atoms with E-state index in [-0.39, 0.29) is 34.8 Å². The molecule has 1 aliphatic rings. The van der Waals surface area contributed by atoms with Gasteiger partial charge < -0.3 is 10.4 Å². The first-order valence-corrected chi connectivity index (χ1v) is 7.26. The molecule has 114 valence electrons. The molecule has 1 aromatic rings. The van der Waals surface area contributed by atoms with Gasteiger partial charge in [-0.15, -0.1) is 0 Å². The second kappa shape index (κ2) is 6.87. The Labute approximate surface area is 127 Å². The topological polar surface area (TPSA) is 92.5 Å². The number of rotatable bonds is 4.